The zero-order chi connectivity index (χ0) is 16.1. The van der Waals surface area contributed by atoms with Crippen molar-refractivity contribution < 1.29 is 22.8 Å². The summed E-state index contributed by atoms with van der Waals surface area (Å²) in [6.07, 6.45) is 0.434. The van der Waals surface area contributed by atoms with Crippen molar-refractivity contribution in [2.75, 3.05) is 0 Å². The molecule has 112 valence electrons. The molecule has 2 aliphatic carbocycles. The molecule has 1 fully saturated rings. The van der Waals surface area contributed by atoms with Gasteiger partial charge in [0.05, 0.1) is 11.5 Å². The molecule has 0 amide bonds. The third kappa shape index (κ3) is 2.13. The van der Waals surface area contributed by atoms with Gasteiger partial charge in [0.1, 0.15) is 5.92 Å². The maximum atomic E-state index is 12.6. The van der Waals surface area contributed by atoms with E-state index in [-0.39, 0.29) is 17.1 Å². The van der Waals surface area contributed by atoms with Crippen LogP contribution in [0.2, 0.25) is 0 Å². The Balaban J connectivity index is 1.98. The molecule has 0 heterocycles. The topological polar surface area (TPSA) is 34.1 Å². The molecule has 2 nitrogen and oxygen atoms in total. The van der Waals surface area contributed by atoms with Gasteiger partial charge in [-0.15, -0.1) is 0 Å². The van der Waals surface area contributed by atoms with Crippen LogP contribution in [0.25, 0.3) is 0 Å². The molecule has 5 heteroatoms. The van der Waals surface area contributed by atoms with Crippen LogP contribution in [0.1, 0.15) is 17.0 Å². The molecule has 0 radical (unpaired) electrons. The maximum absolute atomic E-state index is 12.6. The summed E-state index contributed by atoms with van der Waals surface area (Å²) in [4.78, 5) is 24.9. The van der Waals surface area contributed by atoms with E-state index in [0.29, 0.717) is 11.1 Å². The molecule has 0 saturated heterocycles. The first-order valence-corrected chi connectivity index (χ1v) is 6.63. The molecule has 0 aliphatic heterocycles. The van der Waals surface area contributed by atoms with Crippen LogP contribution in [0.5, 0.6) is 0 Å². The summed E-state index contributed by atoms with van der Waals surface area (Å²) in [5, 5.41) is 0. The third-order valence-corrected chi connectivity index (χ3v) is 3.95. The van der Waals surface area contributed by atoms with Crippen molar-refractivity contribution in [3.63, 3.8) is 0 Å². The summed E-state index contributed by atoms with van der Waals surface area (Å²) in [5.41, 5.74) is 0.371. The number of fused-ring (bicyclic) bond motifs is 1. The van der Waals surface area contributed by atoms with E-state index in [1.54, 1.807) is 18.2 Å². The van der Waals surface area contributed by atoms with Crippen molar-refractivity contribution in [3.05, 3.63) is 71.3 Å². The number of carbonyl (C=O) groups excluding carboxylic acids is 2. The summed E-state index contributed by atoms with van der Waals surface area (Å²) in [6.45, 7) is 3.77. The summed E-state index contributed by atoms with van der Waals surface area (Å²) < 4.78 is 37.7. The zero-order valence-electron chi connectivity index (χ0n) is 11.4. The number of rotatable bonds is 1. The molecule has 3 rings (SSSR count). The van der Waals surface area contributed by atoms with Crippen molar-refractivity contribution in [1.29, 1.82) is 0 Å². The molecule has 2 aliphatic rings. The number of allylic oxidation sites excluding steroid dienone is 5. The van der Waals surface area contributed by atoms with Gasteiger partial charge < -0.3 is 0 Å². The van der Waals surface area contributed by atoms with E-state index >= 15 is 0 Å². The van der Waals surface area contributed by atoms with Gasteiger partial charge >= 0.3 is 6.18 Å². The Labute approximate surface area is 124 Å². The van der Waals surface area contributed by atoms with Gasteiger partial charge in [-0.2, -0.15) is 13.2 Å². The highest BCUT2D eigenvalue weighted by Crippen LogP contribution is 2.42. The van der Waals surface area contributed by atoms with Crippen LogP contribution in [-0.4, -0.2) is 11.6 Å². The highest BCUT2D eigenvalue weighted by Gasteiger charge is 2.47. The first kappa shape index (κ1) is 14.5. The zero-order valence-corrected chi connectivity index (χ0v) is 11.4. The Hall–Kier alpha value is -2.43. The summed E-state index contributed by atoms with van der Waals surface area (Å²) in [6, 6.07) is 4.16. The minimum atomic E-state index is -4.45. The lowest BCUT2D eigenvalue weighted by atomic mass is 9.88. The average molecular weight is 304 g/mol. The Morgan fingerprint density at radius 1 is 1.00 bits per heavy atom. The Bertz CT molecular complexity index is 736. The number of benzene rings is 1. The normalized spacial score (nSPS) is 24.5. The van der Waals surface area contributed by atoms with Crippen LogP contribution in [0.4, 0.5) is 13.2 Å². The second kappa shape index (κ2) is 4.80. The molecule has 22 heavy (non-hydrogen) atoms. The minimum absolute atomic E-state index is 0.283. The molecule has 0 N–H and O–H groups in total. The third-order valence-electron chi connectivity index (χ3n) is 3.95. The van der Waals surface area contributed by atoms with Crippen molar-refractivity contribution in [2.45, 2.75) is 12.1 Å². The Morgan fingerprint density at radius 3 is 2.18 bits per heavy atom. The largest absolute Gasteiger partial charge is 0.416 e. The van der Waals surface area contributed by atoms with Crippen LogP contribution >= 0.6 is 0 Å². The van der Waals surface area contributed by atoms with Gasteiger partial charge in [0, 0.05) is 5.57 Å². The van der Waals surface area contributed by atoms with Gasteiger partial charge in [-0.25, -0.2) is 0 Å². The van der Waals surface area contributed by atoms with Crippen molar-refractivity contribution in [2.24, 2.45) is 5.92 Å². The fraction of sp³-hybridized carbons (Fsp3) is 0.176. The van der Waals surface area contributed by atoms with Gasteiger partial charge in [-0.05, 0) is 23.3 Å². The van der Waals surface area contributed by atoms with E-state index in [0.717, 1.165) is 12.1 Å². The van der Waals surface area contributed by atoms with E-state index in [9.17, 15) is 22.8 Å². The lowest BCUT2D eigenvalue weighted by Gasteiger charge is -2.13. The Morgan fingerprint density at radius 2 is 1.64 bits per heavy atom. The highest BCUT2D eigenvalue weighted by atomic mass is 19.4. The van der Waals surface area contributed by atoms with Gasteiger partial charge in [-0.3, -0.25) is 9.59 Å². The summed E-state index contributed by atoms with van der Waals surface area (Å²) >= 11 is 0. The van der Waals surface area contributed by atoms with Crippen LogP contribution in [0.3, 0.4) is 0 Å². The number of hydrogen-bond acceptors (Lipinski definition) is 2. The predicted octanol–water partition coefficient (Wildman–Crippen LogP) is 3.61. The number of halogens is 3. The Kier molecular flexibility index (Phi) is 3.16. The molecule has 1 aromatic rings. The van der Waals surface area contributed by atoms with Crippen molar-refractivity contribution >= 4 is 11.6 Å². The number of ketones is 2. The van der Waals surface area contributed by atoms with E-state index in [1.165, 1.54) is 12.1 Å². The van der Waals surface area contributed by atoms with Gasteiger partial charge in [-0.1, -0.05) is 36.9 Å². The van der Waals surface area contributed by atoms with Gasteiger partial charge in [0.15, 0.2) is 11.6 Å². The summed E-state index contributed by atoms with van der Waals surface area (Å²) in [7, 11) is 0. The number of Topliss-reactive ketones (excluding diaryl/α,β-unsaturated/α-hetero) is 2. The standard InChI is InChI=1S/C17H11F3O2/c1-9-3-2-4-12-13(9)16(22)14(15(12)21)10-5-7-11(8-6-10)17(18,19)20/h2-8,13-14H,1H2. The van der Waals surface area contributed by atoms with Crippen LogP contribution in [0, 0.1) is 5.92 Å². The molecule has 2 unspecified atom stereocenters. The van der Waals surface area contributed by atoms with Gasteiger partial charge in [0.2, 0.25) is 0 Å². The molecule has 0 spiro atoms. The SMILES string of the molecule is C=C1C=CC=C2C(=O)C(c3ccc(C(F)(F)F)cc3)C(=O)C12. The lowest BCUT2D eigenvalue weighted by Crippen LogP contribution is -2.16. The monoisotopic (exact) mass is 304 g/mol. The fourth-order valence-electron chi connectivity index (χ4n) is 2.87. The predicted molar refractivity (Wildman–Crippen MR) is 74.1 cm³/mol. The van der Waals surface area contributed by atoms with E-state index in [2.05, 4.69) is 6.58 Å². The van der Waals surface area contributed by atoms with Crippen LogP contribution in [-0.2, 0) is 15.8 Å². The average Bonchev–Trinajstić information content (AvgIpc) is 2.71. The number of hydrogen-bond donors (Lipinski definition) is 0. The molecule has 2 atom stereocenters. The second-order valence-corrected chi connectivity index (χ2v) is 5.31. The summed E-state index contributed by atoms with van der Waals surface area (Å²) in [5.74, 6) is -2.41. The second-order valence-electron chi connectivity index (χ2n) is 5.31. The van der Waals surface area contributed by atoms with Crippen LogP contribution < -0.4 is 0 Å². The smallest absolute Gasteiger partial charge is 0.297 e. The van der Waals surface area contributed by atoms with Crippen molar-refractivity contribution in [1.82, 2.24) is 0 Å². The van der Waals surface area contributed by atoms with E-state index in [4.69, 9.17) is 0 Å². The molecular weight excluding hydrogens is 293 g/mol. The lowest BCUT2D eigenvalue weighted by molar-refractivity contribution is -0.137. The molecule has 1 aromatic carbocycles. The molecule has 1 saturated carbocycles. The van der Waals surface area contributed by atoms with Crippen molar-refractivity contribution in [3.8, 4) is 0 Å². The number of carbonyl (C=O) groups is 2. The molecule has 0 aromatic heterocycles. The quantitative estimate of drug-likeness (QED) is 0.743. The highest BCUT2D eigenvalue weighted by molar-refractivity contribution is 6.25. The fourth-order valence-corrected chi connectivity index (χ4v) is 2.87. The first-order valence-electron chi connectivity index (χ1n) is 6.63. The van der Waals surface area contributed by atoms with E-state index < -0.39 is 23.6 Å². The minimum Gasteiger partial charge on any atom is -0.297 e. The van der Waals surface area contributed by atoms with E-state index in [1.807, 2.05) is 0 Å². The molecule has 0 bridgehead atoms. The van der Waals surface area contributed by atoms with Gasteiger partial charge in [0.25, 0.3) is 0 Å². The first-order chi connectivity index (χ1) is 10.3. The maximum Gasteiger partial charge on any atom is 0.416 e. The number of alkyl halides is 3. The molecular formula is C17H11F3O2. The van der Waals surface area contributed by atoms with Crippen LogP contribution in [0.15, 0.2) is 60.2 Å².